The maximum Gasteiger partial charge on any atom is 0.334 e. The van der Waals surface area contributed by atoms with Gasteiger partial charge in [-0.3, -0.25) is 0 Å². The highest BCUT2D eigenvalue weighted by molar-refractivity contribution is 5.93. The average Bonchev–Trinajstić information content (AvgIpc) is 2.68. The number of rotatable bonds is 2. The van der Waals surface area contributed by atoms with E-state index in [4.69, 9.17) is 4.74 Å². The van der Waals surface area contributed by atoms with Gasteiger partial charge in [-0.15, -0.1) is 0 Å². The molecule has 4 heteroatoms. The maximum atomic E-state index is 12.4. The van der Waals surface area contributed by atoms with Gasteiger partial charge >= 0.3 is 5.97 Å². The normalized spacial score (nSPS) is 49.7. The second-order valence-electron chi connectivity index (χ2n) is 12.2. The average molecular weight is 417 g/mol. The van der Waals surface area contributed by atoms with Crippen molar-refractivity contribution in [3.63, 3.8) is 0 Å². The van der Waals surface area contributed by atoms with E-state index in [9.17, 15) is 14.7 Å². The molecule has 0 saturated heterocycles. The second kappa shape index (κ2) is 6.92. The molecule has 30 heavy (non-hydrogen) atoms. The fourth-order valence-corrected chi connectivity index (χ4v) is 9.26. The first-order chi connectivity index (χ1) is 14.0. The summed E-state index contributed by atoms with van der Waals surface area (Å²) in [6, 6.07) is 0. The number of ether oxygens (including phenoxy) is 1. The summed E-state index contributed by atoms with van der Waals surface area (Å²) in [7, 11) is 1.36. The zero-order chi connectivity index (χ0) is 22.1. The maximum absolute atomic E-state index is 12.4. The fraction of sp³-hybridized carbons (Fsp3) is 0.846. The third-order valence-corrected chi connectivity index (χ3v) is 10.7. The van der Waals surface area contributed by atoms with Gasteiger partial charge in [0.1, 0.15) is 6.29 Å². The fourth-order valence-electron chi connectivity index (χ4n) is 9.26. The van der Waals surface area contributed by atoms with Crippen LogP contribution < -0.4 is 0 Å². The van der Waals surface area contributed by atoms with Gasteiger partial charge < -0.3 is 14.6 Å². The molecule has 4 aliphatic rings. The van der Waals surface area contributed by atoms with Crippen molar-refractivity contribution in [2.45, 2.75) is 85.7 Å². The molecule has 8 atom stereocenters. The summed E-state index contributed by atoms with van der Waals surface area (Å²) >= 11 is 0. The van der Waals surface area contributed by atoms with E-state index in [0.29, 0.717) is 22.8 Å². The van der Waals surface area contributed by atoms with Crippen molar-refractivity contribution in [1.82, 2.24) is 0 Å². The van der Waals surface area contributed by atoms with Crippen LogP contribution in [0, 0.1) is 45.3 Å². The Hall–Kier alpha value is -1.16. The topological polar surface area (TPSA) is 63.6 Å². The summed E-state index contributed by atoms with van der Waals surface area (Å²) in [6.07, 6.45) is 9.84. The van der Waals surface area contributed by atoms with Crippen LogP contribution in [-0.2, 0) is 14.3 Å². The van der Waals surface area contributed by atoms with Crippen LogP contribution in [0.2, 0.25) is 0 Å². The van der Waals surface area contributed by atoms with Crippen molar-refractivity contribution >= 4 is 12.3 Å². The van der Waals surface area contributed by atoms with E-state index in [-0.39, 0.29) is 16.7 Å². The predicted octanol–water partition coefficient (Wildman–Crippen LogP) is 4.94. The molecular weight excluding hydrogens is 376 g/mol. The smallest absolute Gasteiger partial charge is 0.334 e. The molecule has 0 bridgehead atoms. The summed E-state index contributed by atoms with van der Waals surface area (Å²) in [5.74, 6) is 0.266. The summed E-state index contributed by atoms with van der Waals surface area (Å²) < 4.78 is 4.98. The van der Waals surface area contributed by atoms with Gasteiger partial charge in [-0.1, -0.05) is 47.1 Å². The van der Waals surface area contributed by atoms with Crippen molar-refractivity contribution in [3.05, 3.63) is 11.6 Å². The number of carbonyl (C=O) groups excluding carboxylic acids is 2. The quantitative estimate of drug-likeness (QED) is 0.511. The van der Waals surface area contributed by atoms with E-state index in [1.54, 1.807) is 0 Å². The largest absolute Gasteiger partial charge is 0.466 e. The zero-order valence-corrected chi connectivity index (χ0v) is 19.7. The van der Waals surface area contributed by atoms with E-state index in [2.05, 4.69) is 34.6 Å². The molecule has 0 radical (unpaired) electrons. The van der Waals surface area contributed by atoms with Crippen LogP contribution in [0.1, 0.15) is 79.6 Å². The van der Waals surface area contributed by atoms with Crippen LogP contribution in [0.25, 0.3) is 0 Å². The highest BCUT2D eigenvalue weighted by Gasteiger charge is 2.68. The molecule has 4 rings (SSSR count). The van der Waals surface area contributed by atoms with Gasteiger partial charge in [0.25, 0.3) is 0 Å². The first kappa shape index (κ1) is 22.0. The lowest BCUT2D eigenvalue weighted by Gasteiger charge is -2.70. The Balaban J connectivity index is 1.80. The molecule has 3 fully saturated rings. The Morgan fingerprint density at radius 2 is 1.73 bits per heavy atom. The Morgan fingerprint density at radius 1 is 1.07 bits per heavy atom. The number of aldehydes is 1. The van der Waals surface area contributed by atoms with E-state index in [0.717, 1.165) is 25.5 Å². The number of hydrogen-bond donors (Lipinski definition) is 1. The number of hydrogen-bond acceptors (Lipinski definition) is 4. The first-order valence-corrected chi connectivity index (χ1v) is 11.9. The van der Waals surface area contributed by atoms with E-state index in [1.807, 2.05) is 6.08 Å². The van der Waals surface area contributed by atoms with Crippen LogP contribution in [0.15, 0.2) is 11.6 Å². The van der Waals surface area contributed by atoms with Crippen LogP contribution in [0.3, 0.4) is 0 Å². The van der Waals surface area contributed by atoms with Crippen molar-refractivity contribution < 1.29 is 19.4 Å². The van der Waals surface area contributed by atoms with Crippen LogP contribution in [-0.4, -0.2) is 30.6 Å². The molecule has 3 saturated carbocycles. The zero-order valence-electron chi connectivity index (χ0n) is 19.7. The predicted molar refractivity (Wildman–Crippen MR) is 117 cm³/mol. The molecule has 168 valence electrons. The summed E-state index contributed by atoms with van der Waals surface area (Å²) in [4.78, 5) is 24.7. The van der Waals surface area contributed by atoms with Gasteiger partial charge in [-0.25, -0.2) is 4.79 Å². The molecule has 0 heterocycles. The number of esters is 1. The minimum absolute atomic E-state index is 0.0616. The molecular formula is C26H40O4. The van der Waals surface area contributed by atoms with Gasteiger partial charge in [-0.05, 0) is 72.5 Å². The van der Waals surface area contributed by atoms with Gasteiger partial charge in [0.2, 0.25) is 0 Å². The highest BCUT2D eigenvalue weighted by Crippen LogP contribution is 2.72. The molecule has 4 aliphatic carbocycles. The SMILES string of the molecule is COC(=O)C1=CCC2[C@]3(C)CCC4C(C)(C)CCC[C@]4(C)C3C[C@@H](O)[C@]2(C)[C@@H]1C=O. The number of methoxy groups -OCH3 is 1. The Bertz CT molecular complexity index is 769. The molecule has 0 aromatic rings. The molecule has 0 aromatic heterocycles. The molecule has 0 aliphatic heterocycles. The molecule has 3 unspecified atom stereocenters. The number of aliphatic hydroxyl groups is 1. The third kappa shape index (κ3) is 2.68. The van der Waals surface area contributed by atoms with Crippen LogP contribution in [0.4, 0.5) is 0 Å². The van der Waals surface area contributed by atoms with E-state index in [1.165, 1.54) is 32.8 Å². The minimum atomic E-state index is -0.626. The molecule has 4 nitrogen and oxygen atoms in total. The number of aliphatic hydroxyl groups excluding tert-OH is 1. The summed E-state index contributed by atoms with van der Waals surface area (Å²) in [5.41, 5.74) is 0.437. The number of fused-ring (bicyclic) bond motifs is 5. The van der Waals surface area contributed by atoms with Crippen molar-refractivity contribution in [3.8, 4) is 0 Å². The van der Waals surface area contributed by atoms with Gasteiger partial charge in [0.15, 0.2) is 0 Å². The van der Waals surface area contributed by atoms with Crippen molar-refractivity contribution in [2.75, 3.05) is 7.11 Å². The van der Waals surface area contributed by atoms with E-state index >= 15 is 0 Å². The lowest BCUT2D eigenvalue weighted by molar-refractivity contribution is -0.231. The van der Waals surface area contributed by atoms with Gasteiger partial charge in [0.05, 0.1) is 19.1 Å². The highest BCUT2D eigenvalue weighted by atomic mass is 16.5. The first-order valence-electron chi connectivity index (χ1n) is 11.9. The van der Waals surface area contributed by atoms with Crippen molar-refractivity contribution in [2.24, 2.45) is 45.3 Å². The van der Waals surface area contributed by atoms with E-state index < -0.39 is 23.4 Å². The minimum Gasteiger partial charge on any atom is -0.466 e. The Morgan fingerprint density at radius 3 is 2.37 bits per heavy atom. The van der Waals surface area contributed by atoms with Crippen LogP contribution in [0.5, 0.6) is 0 Å². The molecule has 1 N–H and O–H groups in total. The third-order valence-electron chi connectivity index (χ3n) is 10.7. The number of carbonyl (C=O) groups is 2. The molecule has 0 spiro atoms. The lowest BCUT2D eigenvalue weighted by atomic mass is 9.35. The Kier molecular flexibility index (Phi) is 5.08. The summed E-state index contributed by atoms with van der Waals surface area (Å²) in [5, 5.41) is 11.6. The lowest BCUT2D eigenvalue weighted by Crippen LogP contribution is -2.66. The standard InChI is InChI=1S/C26H40O4/c1-23(2)11-7-12-24(3)18(23)10-13-25(4)19-9-8-16(22(29)30-6)17(15-27)26(19,5)21(28)14-20(24)25/h8,15,17-21,28H,7,9-14H2,1-6H3/t17-,18?,19?,20?,21-,24+,25+,26-/m1/s1. The summed E-state index contributed by atoms with van der Waals surface area (Å²) in [6.45, 7) is 11.9. The van der Waals surface area contributed by atoms with Gasteiger partial charge in [-0.2, -0.15) is 0 Å². The van der Waals surface area contributed by atoms with Crippen LogP contribution >= 0.6 is 0 Å². The van der Waals surface area contributed by atoms with Gasteiger partial charge in [0, 0.05) is 11.0 Å². The Labute approximate surface area is 181 Å². The molecule has 0 amide bonds. The second-order valence-corrected chi connectivity index (χ2v) is 12.2. The molecule has 0 aromatic carbocycles. The number of allylic oxidation sites excluding steroid dienone is 1. The monoisotopic (exact) mass is 416 g/mol. The van der Waals surface area contributed by atoms with Crippen molar-refractivity contribution in [1.29, 1.82) is 0 Å².